The van der Waals surface area contributed by atoms with Crippen LogP contribution in [0.15, 0.2) is 47.6 Å². The Morgan fingerprint density at radius 2 is 1.93 bits per heavy atom. The number of carbonyl (C=O) groups is 1. The third kappa shape index (κ3) is 5.44. The van der Waals surface area contributed by atoms with Crippen LogP contribution in [0.5, 0.6) is 5.75 Å². The summed E-state index contributed by atoms with van der Waals surface area (Å²) in [6.07, 6.45) is 0.649. The highest BCUT2D eigenvalue weighted by atomic mass is 35.5. The number of benzene rings is 2. The molecule has 1 N–H and O–H groups in total. The molecule has 1 amide bonds. The monoisotopic (exact) mass is 450 g/mol. The van der Waals surface area contributed by atoms with Gasteiger partial charge in [0.1, 0.15) is 11.6 Å². The zero-order chi connectivity index (χ0) is 20.8. The molecule has 0 saturated carbocycles. The molecule has 3 aromatic rings. The van der Waals surface area contributed by atoms with Crippen LogP contribution in [0.4, 0.5) is 5.69 Å². The van der Waals surface area contributed by atoms with Gasteiger partial charge in [-0.15, -0.1) is 10.2 Å². The van der Waals surface area contributed by atoms with Crippen LogP contribution in [0.1, 0.15) is 18.3 Å². The molecule has 6 nitrogen and oxygen atoms in total. The van der Waals surface area contributed by atoms with E-state index in [4.69, 9.17) is 27.9 Å². The van der Waals surface area contributed by atoms with E-state index in [0.717, 1.165) is 17.1 Å². The maximum absolute atomic E-state index is 12.3. The Bertz CT molecular complexity index is 993. The molecule has 152 valence electrons. The normalized spacial score (nSPS) is 10.8. The van der Waals surface area contributed by atoms with Crippen LogP contribution in [0.2, 0.25) is 10.0 Å². The van der Waals surface area contributed by atoms with Crippen molar-refractivity contribution < 1.29 is 9.53 Å². The smallest absolute Gasteiger partial charge is 0.234 e. The van der Waals surface area contributed by atoms with E-state index < -0.39 is 0 Å². The van der Waals surface area contributed by atoms with Crippen molar-refractivity contribution in [3.63, 3.8) is 0 Å². The average molecular weight is 451 g/mol. The fourth-order valence-electron chi connectivity index (χ4n) is 2.72. The van der Waals surface area contributed by atoms with Gasteiger partial charge >= 0.3 is 0 Å². The van der Waals surface area contributed by atoms with E-state index in [1.54, 1.807) is 25.3 Å². The van der Waals surface area contributed by atoms with Gasteiger partial charge in [0.05, 0.1) is 28.6 Å². The summed E-state index contributed by atoms with van der Waals surface area (Å²) in [5.74, 6) is 1.65. The molecule has 0 unspecified atom stereocenters. The van der Waals surface area contributed by atoms with Gasteiger partial charge in [0.2, 0.25) is 5.91 Å². The lowest BCUT2D eigenvalue weighted by molar-refractivity contribution is -0.113. The summed E-state index contributed by atoms with van der Waals surface area (Å²) in [6.45, 7) is 2.74. The number of carbonyl (C=O) groups excluding carboxylic acids is 1. The molecule has 1 heterocycles. The Balaban J connectivity index is 1.63. The molecular weight excluding hydrogens is 431 g/mol. The molecular formula is C20H20Cl2N4O2S. The van der Waals surface area contributed by atoms with Crippen molar-refractivity contribution in [3.8, 4) is 5.75 Å². The molecule has 0 saturated heterocycles. The number of rotatable bonds is 8. The Morgan fingerprint density at radius 3 is 2.62 bits per heavy atom. The van der Waals surface area contributed by atoms with Gasteiger partial charge in [-0.2, -0.15) is 0 Å². The number of hydrogen-bond acceptors (Lipinski definition) is 5. The molecule has 0 bridgehead atoms. The van der Waals surface area contributed by atoms with E-state index in [2.05, 4.69) is 15.5 Å². The number of amides is 1. The van der Waals surface area contributed by atoms with Gasteiger partial charge in [-0.05, 0) is 36.8 Å². The maximum atomic E-state index is 12.3. The van der Waals surface area contributed by atoms with Crippen LogP contribution in [0, 0.1) is 0 Å². The number of nitrogens with zero attached hydrogens (tertiary/aromatic N) is 3. The number of nitrogens with one attached hydrogen (secondary N) is 1. The lowest BCUT2D eigenvalue weighted by atomic mass is 10.1. The summed E-state index contributed by atoms with van der Waals surface area (Å²) in [5.41, 5.74) is 1.60. The first kappa shape index (κ1) is 21.5. The fourth-order valence-corrected chi connectivity index (χ4v) is 3.89. The second-order valence-electron chi connectivity index (χ2n) is 6.11. The molecule has 0 spiro atoms. The van der Waals surface area contributed by atoms with E-state index in [0.29, 0.717) is 33.9 Å². The highest BCUT2D eigenvalue weighted by molar-refractivity contribution is 7.99. The van der Waals surface area contributed by atoms with Crippen molar-refractivity contribution in [2.24, 2.45) is 0 Å². The van der Waals surface area contributed by atoms with Crippen LogP contribution in [-0.2, 0) is 17.8 Å². The molecule has 3 rings (SSSR count). The highest BCUT2D eigenvalue weighted by Crippen LogP contribution is 2.29. The van der Waals surface area contributed by atoms with Crippen LogP contribution in [0.3, 0.4) is 0 Å². The fraction of sp³-hybridized carbons (Fsp3) is 0.250. The molecule has 0 aliphatic heterocycles. The minimum atomic E-state index is -0.193. The molecule has 0 radical (unpaired) electrons. The van der Waals surface area contributed by atoms with Crippen molar-refractivity contribution in [1.29, 1.82) is 0 Å². The summed E-state index contributed by atoms with van der Waals surface area (Å²) in [4.78, 5) is 12.3. The number of ether oxygens (including phenoxy) is 1. The summed E-state index contributed by atoms with van der Waals surface area (Å²) < 4.78 is 7.20. The Morgan fingerprint density at radius 1 is 1.17 bits per heavy atom. The molecule has 0 aliphatic carbocycles. The lowest BCUT2D eigenvalue weighted by Gasteiger charge is -2.09. The number of anilines is 1. The van der Waals surface area contributed by atoms with Crippen molar-refractivity contribution in [1.82, 2.24) is 14.8 Å². The lowest BCUT2D eigenvalue weighted by Crippen LogP contribution is -2.15. The molecule has 0 fully saturated rings. The van der Waals surface area contributed by atoms with Gasteiger partial charge in [-0.25, -0.2) is 0 Å². The van der Waals surface area contributed by atoms with Crippen LogP contribution in [-0.4, -0.2) is 33.5 Å². The Hall–Kier alpha value is -2.22. The van der Waals surface area contributed by atoms with E-state index in [1.807, 2.05) is 35.8 Å². The first-order valence-electron chi connectivity index (χ1n) is 8.93. The topological polar surface area (TPSA) is 69.0 Å². The predicted octanol–water partition coefficient (Wildman–Crippen LogP) is 4.94. The van der Waals surface area contributed by atoms with Crippen molar-refractivity contribution in [3.05, 3.63) is 63.9 Å². The average Bonchev–Trinajstić information content (AvgIpc) is 3.12. The number of thioether (sulfide) groups is 1. The summed E-state index contributed by atoms with van der Waals surface area (Å²) in [7, 11) is 1.64. The number of aromatic nitrogens is 3. The van der Waals surface area contributed by atoms with Crippen molar-refractivity contribution in [2.45, 2.75) is 25.0 Å². The molecule has 29 heavy (non-hydrogen) atoms. The maximum Gasteiger partial charge on any atom is 0.234 e. The standard InChI is InChI=1S/C20H20Cl2N4O2S/c1-3-26-17(11-13-7-9-14(28-2)10-8-13)24-25-20(26)29-12-18(27)23-16-6-4-5-15(21)19(16)22/h4-10H,3,11-12H2,1-2H3,(H,23,27). The van der Waals surface area contributed by atoms with Crippen molar-refractivity contribution >= 4 is 46.6 Å². The summed E-state index contributed by atoms with van der Waals surface area (Å²) in [6, 6.07) is 13.0. The first-order valence-corrected chi connectivity index (χ1v) is 10.7. The second kappa shape index (κ2) is 10.0. The van der Waals surface area contributed by atoms with E-state index in [-0.39, 0.29) is 11.7 Å². The molecule has 9 heteroatoms. The molecule has 2 aromatic carbocycles. The van der Waals surface area contributed by atoms with Crippen LogP contribution >= 0.6 is 35.0 Å². The molecule has 0 aliphatic rings. The van der Waals surface area contributed by atoms with Gasteiger partial charge in [-0.3, -0.25) is 4.79 Å². The van der Waals surface area contributed by atoms with Crippen LogP contribution in [0.25, 0.3) is 0 Å². The van der Waals surface area contributed by atoms with Gasteiger partial charge in [-0.1, -0.05) is 53.2 Å². The minimum Gasteiger partial charge on any atom is -0.497 e. The number of methoxy groups -OCH3 is 1. The second-order valence-corrected chi connectivity index (χ2v) is 7.83. The SMILES string of the molecule is CCn1c(Cc2ccc(OC)cc2)nnc1SCC(=O)Nc1cccc(Cl)c1Cl. The van der Waals surface area contributed by atoms with E-state index >= 15 is 0 Å². The first-order chi connectivity index (χ1) is 14.0. The Kier molecular flexibility index (Phi) is 7.41. The van der Waals surface area contributed by atoms with E-state index in [9.17, 15) is 4.79 Å². The number of halogens is 2. The van der Waals surface area contributed by atoms with E-state index in [1.165, 1.54) is 11.8 Å². The molecule has 0 atom stereocenters. The third-order valence-corrected chi connectivity index (χ3v) is 5.97. The van der Waals surface area contributed by atoms with Gasteiger partial charge < -0.3 is 14.6 Å². The predicted molar refractivity (Wildman–Crippen MR) is 117 cm³/mol. The summed E-state index contributed by atoms with van der Waals surface area (Å²) in [5, 5.41) is 12.7. The van der Waals surface area contributed by atoms with Gasteiger partial charge in [0, 0.05) is 13.0 Å². The highest BCUT2D eigenvalue weighted by Gasteiger charge is 2.15. The third-order valence-electron chi connectivity index (χ3n) is 4.19. The number of hydrogen-bond donors (Lipinski definition) is 1. The zero-order valence-corrected chi connectivity index (χ0v) is 18.3. The molecule has 1 aromatic heterocycles. The van der Waals surface area contributed by atoms with Crippen LogP contribution < -0.4 is 10.1 Å². The van der Waals surface area contributed by atoms with Crippen molar-refractivity contribution in [2.75, 3.05) is 18.2 Å². The van der Waals surface area contributed by atoms with Gasteiger partial charge in [0.15, 0.2) is 5.16 Å². The quantitative estimate of drug-likeness (QED) is 0.492. The van der Waals surface area contributed by atoms with Gasteiger partial charge in [0.25, 0.3) is 0 Å². The Labute approximate surface area is 183 Å². The largest absolute Gasteiger partial charge is 0.497 e. The zero-order valence-electron chi connectivity index (χ0n) is 16.0. The summed E-state index contributed by atoms with van der Waals surface area (Å²) >= 11 is 13.4. The minimum absolute atomic E-state index is 0.184.